The molecule has 206 valence electrons. The number of benzene rings is 3. The molecule has 0 bridgehead atoms. The van der Waals surface area contributed by atoms with Crippen molar-refractivity contribution in [3.05, 3.63) is 76.6 Å². The zero-order valence-electron chi connectivity index (χ0n) is 21.2. The number of rotatable bonds is 12. The Morgan fingerprint density at radius 2 is 1.61 bits per heavy atom. The molecular weight excluding hydrogens is 507 g/mol. The van der Waals surface area contributed by atoms with Crippen LogP contribution in [-0.4, -0.2) is 39.8 Å². The van der Waals surface area contributed by atoms with Crippen molar-refractivity contribution in [2.75, 3.05) is 26.9 Å². The largest absolute Gasteiger partial charge is 0.429 e. The molecule has 3 aromatic carbocycles. The summed E-state index contributed by atoms with van der Waals surface area (Å²) >= 11 is 0. The molecule has 3 aromatic rings. The second kappa shape index (κ2) is 13.4. The number of methoxy groups -OCH3 is 1. The second-order valence-corrected chi connectivity index (χ2v) is 9.50. The Bertz CT molecular complexity index is 1190. The summed E-state index contributed by atoms with van der Waals surface area (Å²) < 4.78 is 88.5. The molecule has 0 radical (unpaired) electrons. The highest BCUT2D eigenvalue weighted by molar-refractivity contribution is 5.84. The Hall–Kier alpha value is -2.75. The fourth-order valence-corrected chi connectivity index (χ4v) is 4.69. The summed E-state index contributed by atoms with van der Waals surface area (Å²) in [6.07, 6.45) is 3.46. The molecule has 4 nitrogen and oxygen atoms in total. The molecule has 0 N–H and O–H groups in total. The highest BCUT2D eigenvalue weighted by Crippen LogP contribution is 2.28. The second-order valence-electron chi connectivity index (χ2n) is 9.50. The monoisotopic (exact) mass is 538 g/mol. The van der Waals surface area contributed by atoms with E-state index >= 15 is 4.39 Å². The highest BCUT2D eigenvalue weighted by Gasteiger charge is 2.22. The average molecular weight is 539 g/mol. The number of halogens is 5. The lowest BCUT2D eigenvalue weighted by atomic mass is 9.98. The van der Waals surface area contributed by atoms with Crippen molar-refractivity contribution in [1.29, 1.82) is 0 Å². The quantitative estimate of drug-likeness (QED) is 0.184. The molecular formula is C29H31F5O4. The molecule has 1 aliphatic rings. The Balaban J connectivity index is 1.33. The molecule has 0 atom stereocenters. The lowest BCUT2D eigenvalue weighted by molar-refractivity contribution is -0.203. The zero-order valence-corrected chi connectivity index (χ0v) is 21.2. The number of fused-ring (bicyclic) bond motifs is 1. The van der Waals surface area contributed by atoms with Crippen molar-refractivity contribution >= 4 is 10.8 Å². The van der Waals surface area contributed by atoms with Crippen molar-refractivity contribution in [3.63, 3.8) is 0 Å². The molecule has 1 aliphatic heterocycles. The van der Waals surface area contributed by atoms with Gasteiger partial charge in [-0.1, -0.05) is 30.3 Å². The van der Waals surface area contributed by atoms with Crippen LogP contribution in [0.4, 0.5) is 22.0 Å². The van der Waals surface area contributed by atoms with E-state index in [0.29, 0.717) is 36.5 Å². The van der Waals surface area contributed by atoms with Crippen molar-refractivity contribution in [3.8, 4) is 5.75 Å². The minimum atomic E-state index is -3.34. The zero-order chi connectivity index (χ0) is 27.1. The summed E-state index contributed by atoms with van der Waals surface area (Å²) in [6, 6.07) is 10.9. The van der Waals surface area contributed by atoms with Crippen LogP contribution in [0.15, 0.2) is 42.5 Å². The lowest BCUT2D eigenvalue weighted by Gasteiger charge is -2.29. The van der Waals surface area contributed by atoms with E-state index in [-0.39, 0.29) is 24.7 Å². The van der Waals surface area contributed by atoms with E-state index in [2.05, 4.69) is 4.74 Å². The molecule has 0 unspecified atom stereocenters. The molecule has 0 aliphatic carbocycles. The highest BCUT2D eigenvalue weighted by atomic mass is 19.3. The van der Waals surface area contributed by atoms with E-state index in [0.717, 1.165) is 49.0 Å². The van der Waals surface area contributed by atoms with Crippen molar-refractivity contribution in [1.82, 2.24) is 0 Å². The van der Waals surface area contributed by atoms with Crippen molar-refractivity contribution in [2.45, 2.75) is 51.4 Å². The van der Waals surface area contributed by atoms with Gasteiger partial charge < -0.3 is 18.9 Å². The summed E-state index contributed by atoms with van der Waals surface area (Å²) in [5.41, 5.74) is 1.64. The average Bonchev–Trinajstić information content (AvgIpc) is 2.90. The maximum absolute atomic E-state index is 15.2. The third-order valence-electron chi connectivity index (χ3n) is 6.71. The van der Waals surface area contributed by atoms with Gasteiger partial charge in [-0.3, -0.25) is 0 Å². The molecule has 1 fully saturated rings. The number of alkyl halides is 2. The van der Waals surface area contributed by atoms with E-state index < -0.39 is 29.8 Å². The Morgan fingerprint density at radius 3 is 2.29 bits per heavy atom. The summed E-state index contributed by atoms with van der Waals surface area (Å²) in [4.78, 5) is 0. The number of hydrogen-bond acceptors (Lipinski definition) is 4. The van der Waals surface area contributed by atoms with Gasteiger partial charge in [0.2, 0.25) is 0 Å². The number of aryl methyl sites for hydroxylation is 3. The number of hydrogen-bond donors (Lipinski definition) is 0. The van der Waals surface area contributed by atoms with Gasteiger partial charge >= 0.3 is 6.61 Å². The van der Waals surface area contributed by atoms with Gasteiger partial charge in [0.25, 0.3) is 0 Å². The topological polar surface area (TPSA) is 36.9 Å². The SMILES string of the molecule is COCCCC1COC(CCc2ccc3c(F)c(CCc4cc(F)c(OC(F)F)c(F)c4)ccc3c2)OC1. The van der Waals surface area contributed by atoms with Gasteiger partial charge in [0.05, 0.1) is 13.2 Å². The van der Waals surface area contributed by atoms with E-state index in [1.165, 1.54) is 0 Å². The van der Waals surface area contributed by atoms with Crippen LogP contribution in [0.3, 0.4) is 0 Å². The van der Waals surface area contributed by atoms with Crippen LogP contribution in [0, 0.1) is 23.4 Å². The Morgan fingerprint density at radius 1 is 0.868 bits per heavy atom. The Labute approximate surface area is 218 Å². The minimum Gasteiger partial charge on any atom is -0.429 e. The first-order valence-corrected chi connectivity index (χ1v) is 12.7. The summed E-state index contributed by atoms with van der Waals surface area (Å²) in [7, 11) is 1.69. The standard InChI is InChI=1S/C29H31F5O4/c1-35-12-2-3-20-16-36-26(37-17-20)11-6-18-5-10-23-22(13-18)9-8-21(27(23)32)7-4-19-14-24(30)28(25(31)15-19)38-29(33)34/h5,8-10,13-15,20,26,29H,2-4,6-7,11-12,16-17H2,1H3. The molecule has 38 heavy (non-hydrogen) atoms. The van der Waals surface area contributed by atoms with Crippen LogP contribution in [0.2, 0.25) is 0 Å². The summed E-state index contributed by atoms with van der Waals surface area (Å²) in [5, 5.41) is 1.20. The summed E-state index contributed by atoms with van der Waals surface area (Å²) in [6.45, 7) is -1.26. The van der Waals surface area contributed by atoms with Gasteiger partial charge in [-0.15, -0.1) is 0 Å². The van der Waals surface area contributed by atoms with E-state index in [1.807, 2.05) is 18.2 Å². The van der Waals surface area contributed by atoms with Gasteiger partial charge in [-0.05, 0) is 66.3 Å². The van der Waals surface area contributed by atoms with Gasteiger partial charge in [0, 0.05) is 31.4 Å². The molecule has 0 spiro atoms. The van der Waals surface area contributed by atoms with Crippen molar-refractivity contribution < 1.29 is 40.9 Å². The molecule has 1 heterocycles. The van der Waals surface area contributed by atoms with Crippen LogP contribution >= 0.6 is 0 Å². The Kier molecular flexibility index (Phi) is 9.93. The van der Waals surface area contributed by atoms with Crippen LogP contribution < -0.4 is 4.74 Å². The predicted octanol–water partition coefficient (Wildman–Crippen LogP) is 6.99. The minimum absolute atomic E-state index is 0.123. The van der Waals surface area contributed by atoms with Gasteiger partial charge in [-0.2, -0.15) is 8.78 Å². The van der Waals surface area contributed by atoms with Crippen LogP contribution in [0.1, 0.15) is 36.0 Å². The van der Waals surface area contributed by atoms with Crippen LogP contribution in [0.5, 0.6) is 5.75 Å². The van der Waals surface area contributed by atoms with Gasteiger partial charge in [-0.25, -0.2) is 13.2 Å². The predicted molar refractivity (Wildman–Crippen MR) is 133 cm³/mol. The fourth-order valence-electron chi connectivity index (χ4n) is 4.69. The first-order valence-electron chi connectivity index (χ1n) is 12.7. The molecule has 0 amide bonds. The first kappa shape index (κ1) is 28.3. The third-order valence-corrected chi connectivity index (χ3v) is 6.71. The summed E-state index contributed by atoms with van der Waals surface area (Å²) in [5.74, 6) is -3.59. The van der Waals surface area contributed by atoms with Crippen LogP contribution in [-0.2, 0) is 33.5 Å². The molecule has 9 heteroatoms. The molecule has 0 aromatic heterocycles. The first-order chi connectivity index (χ1) is 18.3. The van der Waals surface area contributed by atoms with Gasteiger partial charge in [0.15, 0.2) is 23.7 Å². The third kappa shape index (κ3) is 7.42. The normalized spacial score (nSPS) is 17.9. The maximum atomic E-state index is 15.2. The maximum Gasteiger partial charge on any atom is 0.387 e. The fraction of sp³-hybridized carbons (Fsp3) is 0.448. The van der Waals surface area contributed by atoms with E-state index in [4.69, 9.17) is 14.2 Å². The lowest BCUT2D eigenvalue weighted by Crippen LogP contribution is -2.32. The van der Waals surface area contributed by atoms with E-state index in [1.54, 1.807) is 19.2 Å². The smallest absolute Gasteiger partial charge is 0.387 e. The molecule has 1 saturated heterocycles. The van der Waals surface area contributed by atoms with Crippen LogP contribution in [0.25, 0.3) is 10.8 Å². The number of ether oxygens (including phenoxy) is 4. The van der Waals surface area contributed by atoms with Crippen molar-refractivity contribution in [2.24, 2.45) is 5.92 Å². The van der Waals surface area contributed by atoms with Gasteiger partial charge in [0.1, 0.15) is 5.82 Å². The molecule has 4 rings (SSSR count). The van der Waals surface area contributed by atoms with E-state index in [9.17, 15) is 17.6 Å². The molecule has 0 saturated carbocycles.